The van der Waals surface area contributed by atoms with Crippen LogP contribution in [0.4, 0.5) is 5.69 Å². The number of hydrogen-bond donors (Lipinski definition) is 3. The van der Waals surface area contributed by atoms with Crippen LogP contribution in [0.1, 0.15) is 37.8 Å². The number of carboxylic acids is 1. The molecule has 0 saturated heterocycles. The summed E-state index contributed by atoms with van der Waals surface area (Å²) in [5.74, 6) is -2.02. The molecule has 1 atom stereocenters. The Bertz CT molecular complexity index is 576. The Kier molecular flexibility index (Phi) is 6.75. The molecule has 3 N–H and O–H groups in total. The maximum absolute atomic E-state index is 11.9. The first-order valence-electron chi connectivity index (χ1n) is 7.59. The third kappa shape index (κ3) is 6.50. The summed E-state index contributed by atoms with van der Waals surface area (Å²) in [5, 5.41) is 14.2. The molecule has 0 fully saturated rings. The number of carbonyl (C=O) groups excluding carboxylic acids is 2. The number of anilines is 1. The van der Waals surface area contributed by atoms with E-state index in [9.17, 15) is 14.4 Å². The Balaban J connectivity index is 2.49. The minimum absolute atomic E-state index is 0.00323. The first-order valence-corrected chi connectivity index (χ1v) is 7.59. The summed E-state index contributed by atoms with van der Waals surface area (Å²) in [7, 11) is 0. The van der Waals surface area contributed by atoms with Crippen molar-refractivity contribution in [3.8, 4) is 0 Å². The molecule has 1 aromatic carbocycles. The monoisotopic (exact) mass is 320 g/mol. The van der Waals surface area contributed by atoms with E-state index in [0.717, 1.165) is 11.1 Å². The minimum Gasteiger partial charge on any atom is -0.480 e. The van der Waals surface area contributed by atoms with E-state index in [1.807, 2.05) is 32.0 Å². The number of aryl methyl sites for hydroxylation is 2. The van der Waals surface area contributed by atoms with E-state index in [0.29, 0.717) is 5.69 Å². The van der Waals surface area contributed by atoms with Crippen LogP contribution in [0, 0.1) is 19.8 Å². The quantitative estimate of drug-likeness (QED) is 0.718. The van der Waals surface area contributed by atoms with Gasteiger partial charge in [-0.05, 0) is 43.0 Å². The minimum atomic E-state index is -1.08. The normalized spacial score (nSPS) is 11.9. The number of hydrogen-bond acceptors (Lipinski definition) is 3. The second-order valence-corrected chi connectivity index (χ2v) is 6.05. The molecule has 2 amide bonds. The van der Waals surface area contributed by atoms with Crippen molar-refractivity contribution < 1.29 is 19.5 Å². The first-order chi connectivity index (χ1) is 10.7. The molecule has 0 heterocycles. The first kappa shape index (κ1) is 18.7. The number of nitrogens with one attached hydrogen (secondary N) is 2. The molecule has 1 aromatic rings. The van der Waals surface area contributed by atoms with E-state index in [1.165, 1.54) is 0 Å². The topological polar surface area (TPSA) is 95.5 Å². The molecule has 6 heteroatoms. The van der Waals surface area contributed by atoms with Crippen LogP contribution in [0.5, 0.6) is 0 Å². The van der Waals surface area contributed by atoms with Gasteiger partial charge < -0.3 is 15.7 Å². The van der Waals surface area contributed by atoms with Gasteiger partial charge in [-0.25, -0.2) is 4.79 Å². The standard InChI is InChI=1S/C17H24N2O4/c1-10(2)16(17(22)23)19-15(21)6-5-14(20)18-13-8-11(3)7-12(4)9-13/h7-10,16H,5-6H2,1-4H3,(H,18,20)(H,19,21)(H,22,23). The van der Waals surface area contributed by atoms with Crippen molar-refractivity contribution in [3.63, 3.8) is 0 Å². The fourth-order valence-electron chi connectivity index (χ4n) is 2.26. The van der Waals surface area contributed by atoms with E-state index in [2.05, 4.69) is 10.6 Å². The zero-order valence-corrected chi connectivity index (χ0v) is 14.0. The fraction of sp³-hybridized carbons (Fsp3) is 0.471. The van der Waals surface area contributed by atoms with E-state index >= 15 is 0 Å². The molecule has 1 rings (SSSR count). The summed E-state index contributed by atoms with van der Waals surface area (Å²) in [6.45, 7) is 7.31. The largest absolute Gasteiger partial charge is 0.480 e. The molecule has 0 spiro atoms. The Morgan fingerprint density at radius 3 is 2.00 bits per heavy atom. The van der Waals surface area contributed by atoms with Gasteiger partial charge in [0.2, 0.25) is 11.8 Å². The Morgan fingerprint density at radius 1 is 1.00 bits per heavy atom. The lowest BCUT2D eigenvalue weighted by molar-refractivity contribution is -0.143. The molecule has 1 unspecified atom stereocenters. The summed E-state index contributed by atoms with van der Waals surface area (Å²) in [5.41, 5.74) is 2.78. The van der Waals surface area contributed by atoms with Gasteiger partial charge >= 0.3 is 5.97 Å². The van der Waals surface area contributed by atoms with Crippen LogP contribution in [0.3, 0.4) is 0 Å². The highest BCUT2D eigenvalue weighted by molar-refractivity contribution is 5.94. The zero-order chi connectivity index (χ0) is 17.6. The molecule has 126 valence electrons. The van der Waals surface area contributed by atoms with Crippen LogP contribution in [0.2, 0.25) is 0 Å². The summed E-state index contributed by atoms with van der Waals surface area (Å²) >= 11 is 0. The van der Waals surface area contributed by atoms with E-state index in [4.69, 9.17) is 5.11 Å². The molecule has 0 saturated carbocycles. The van der Waals surface area contributed by atoms with Crippen molar-refractivity contribution >= 4 is 23.5 Å². The highest BCUT2D eigenvalue weighted by atomic mass is 16.4. The summed E-state index contributed by atoms with van der Waals surface area (Å²) < 4.78 is 0. The SMILES string of the molecule is Cc1cc(C)cc(NC(=O)CCC(=O)NC(C(=O)O)C(C)C)c1. The maximum Gasteiger partial charge on any atom is 0.326 e. The van der Waals surface area contributed by atoms with Crippen LogP contribution >= 0.6 is 0 Å². The van der Waals surface area contributed by atoms with Crippen molar-refractivity contribution in [1.29, 1.82) is 0 Å². The predicted octanol–water partition coefficient (Wildman–Crippen LogP) is 2.25. The Labute approximate surface area is 136 Å². The molecule has 6 nitrogen and oxygen atoms in total. The zero-order valence-electron chi connectivity index (χ0n) is 14.0. The van der Waals surface area contributed by atoms with Crippen molar-refractivity contribution in [2.45, 2.75) is 46.6 Å². The lowest BCUT2D eigenvalue weighted by atomic mass is 10.0. The molecule has 0 aromatic heterocycles. The van der Waals surface area contributed by atoms with Crippen LogP contribution < -0.4 is 10.6 Å². The van der Waals surface area contributed by atoms with E-state index in [-0.39, 0.29) is 24.7 Å². The molecular formula is C17H24N2O4. The van der Waals surface area contributed by atoms with Crippen molar-refractivity contribution in [2.75, 3.05) is 5.32 Å². The lowest BCUT2D eigenvalue weighted by Crippen LogP contribution is -2.44. The van der Waals surface area contributed by atoms with Crippen LogP contribution in [0.15, 0.2) is 18.2 Å². The molecule has 0 bridgehead atoms. The number of rotatable bonds is 7. The average molecular weight is 320 g/mol. The second-order valence-electron chi connectivity index (χ2n) is 6.05. The molecule has 0 aliphatic heterocycles. The predicted molar refractivity (Wildman–Crippen MR) is 88.2 cm³/mol. The second kappa shape index (κ2) is 8.31. The van der Waals surface area contributed by atoms with Gasteiger partial charge in [0.25, 0.3) is 0 Å². The number of carbonyl (C=O) groups is 3. The van der Waals surface area contributed by atoms with Gasteiger partial charge in [-0.3, -0.25) is 9.59 Å². The van der Waals surface area contributed by atoms with E-state index < -0.39 is 17.9 Å². The number of aliphatic carboxylic acids is 1. The molecular weight excluding hydrogens is 296 g/mol. The van der Waals surface area contributed by atoms with Crippen molar-refractivity contribution in [3.05, 3.63) is 29.3 Å². The number of amides is 2. The highest BCUT2D eigenvalue weighted by Gasteiger charge is 2.23. The van der Waals surface area contributed by atoms with Crippen molar-refractivity contribution in [1.82, 2.24) is 5.32 Å². The molecule has 0 radical (unpaired) electrons. The van der Waals surface area contributed by atoms with E-state index in [1.54, 1.807) is 13.8 Å². The third-order valence-corrected chi connectivity index (χ3v) is 3.33. The highest BCUT2D eigenvalue weighted by Crippen LogP contribution is 2.14. The van der Waals surface area contributed by atoms with Gasteiger partial charge in [-0.2, -0.15) is 0 Å². The number of benzene rings is 1. The Morgan fingerprint density at radius 2 is 1.52 bits per heavy atom. The van der Waals surface area contributed by atoms with Gasteiger partial charge in [0, 0.05) is 18.5 Å². The van der Waals surface area contributed by atoms with Gasteiger partial charge in [-0.15, -0.1) is 0 Å². The van der Waals surface area contributed by atoms with Gasteiger partial charge in [0.1, 0.15) is 6.04 Å². The van der Waals surface area contributed by atoms with Crippen molar-refractivity contribution in [2.24, 2.45) is 5.92 Å². The van der Waals surface area contributed by atoms with Crippen LogP contribution in [0.25, 0.3) is 0 Å². The molecule has 0 aliphatic rings. The average Bonchev–Trinajstić information content (AvgIpc) is 2.40. The summed E-state index contributed by atoms with van der Waals surface area (Å²) in [6, 6.07) is 4.76. The fourth-order valence-corrected chi connectivity index (χ4v) is 2.26. The molecule has 0 aliphatic carbocycles. The van der Waals surface area contributed by atoms with Crippen LogP contribution in [-0.4, -0.2) is 28.9 Å². The summed E-state index contributed by atoms with van der Waals surface area (Å²) in [6.07, 6.45) is -0.0452. The van der Waals surface area contributed by atoms with Crippen LogP contribution in [-0.2, 0) is 14.4 Å². The smallest absolute Gasteiger partial charge is 0.326 e. The van der Waals surface area contributed by atoms with Gasteiger partial charge in [0.15, 0.2) is 0 Å². The van der Waals surface area contributed by atoms with Gasteiger partial charge in [-0.1, -0.05) is 19.9 Å². The Hall–Kier alpha value is -2.37. The summed E-state index contributed by atoms with van der Waals surface area (Å²) in [4.78, 5) is 34.7. The maximum atomic E-state index is 11.9. The van der Waals surface area contributed by atoms with Gasteiger partial charge in [0.05, 0.1) is 0 Å². The molecule has 23 heavy (non-hydrogen) atoms. The third-order valence-electron chi connectivity index (χ3n) is 3.33. The number of carboxylic acid groups (broad SMARTS) is 1. The lowest BCUT2D eigenvalue weighted by Gasteiger charge is -2.17.